The molecule has 22 heavy (non-hydrogen) atoms. The van der Waals surface area contributed by atoms with Crippen molar-refractivity contribution in [2.45, 2.75) is 30.3 Å². The second kappa shape index (κ2) is 5.86. The van der Waals surface area contributed by atoms with Crippen molar-refractivity contribution in [3.63, 3.8) is 0 Å². The number of fused-ring (bicyclic) bond motifs is 1. The van der Waals surface area contributed by atoms with Gasteiger partial charge in [-0.1, -0.05) is 55.5 Å². The lowest BCUT2D eigenvalue weighted by atomic mass is 9.81. The Labute approximate surface area is 131 Å². The molecule has 0 fully saturated rings. The predicted molar refractivity (Wildman–Crippen MR) is 86.6 cm³/mol. The summed E-state index contributed by atoms with van der Waals surface area (Å²) < 4.78 is 25.3. The van der Waals surface area contributed by atoms with E-state index in [0.717, 1.165) is 5.56 Å². The largest absolute Gasteiger partial charge is 0.392 e. The van der Waals surface area contributed by atoms with Crippen LogP contribution in [0.3, 0.4) is 0 Å². The Bertz CT molecular complexity index is 753. The van der Waals surface area contributed by atoms with Gasteiger partial charge in [0.25, 0.3) is 0 Å². The number of aliphatic hydroxyl groups excluding tert-OH is 1. The second-order valence-corrected chi connectivity index (χ2v) is 7.87. The summed E-state index contributed by atoms with van der Waals surface area (Å²) >= 11 is 0. The van der Waals surface area contributed by atoms with Crippen molar-refractivity contribution in [2.75, 3.05) is 5.75 Å². The summed E-state index contributed by atoms with van der Waals surface area (Å²) in [4.78, 5) is 0.360. The van der Waals surface area contributed by atoms with Crippen molar-refractivity contribution in [3.05, 3.63) is 65.7 Å². The first-order valence-corrected chi connectivity index (χ1v) is 9.24. The molecule has 3 nitrogen and oxygen atoms in total. The van der Waals surface area contributed by atoms with Crippen molar-refractivity contribution in [3.8, 4) is 0 Å². The van der Waals surface area contributed by atoms with E-state index in [0.29, 0.717) is 16.9 Å². The van der Waals surface area contributed by atoms with Crippen molar-refractivity contribution in [1.29, 1.82) is 0 Å². The third-order valence-corrected chi connectivity index (χ3v) is 6.44. The van der Waals surface area contributed by atoms with Gasteiger partial charge < -0.3 is 5.11 Å². The lowest BCUT2D eigenvalue weighted by molar-refractivity contribution is 0.100. The molecule has 0 unspecified atom stereocenters. The molecule has 2 aromatic carbocycles. The third-order valence-electron chi connectivity index (χ3n) is 4.53. The fourth-order valence-electron chi connectivity index (χ4n) is 3.34. The number of rotatable bonds is 2. The molecule has 0 saturated heterocycles. The van der Waals surface area contributed by atoms with Crippen molar-refractivity contribution < 1.29 is 13.5 Å². The van der Waals surface area contributed by atoms with Crippen LogP contribution in [0.2, 0.25) is 0 Å². The van der Waals surface area contributed by atoms with Crippen LogP contribution in [0.15, 0.2) is 59.5 Å². The molecule has 1 heterocycles. The summed E-state index contributed by atoms with van der Waals surface area (Å²) in [5.41, 5.74) is 1.66. The average Bonchev–Trinajstić information content (AvgIpc) is 2.62. The van der Waals surface area contributed by atoms with Gasteiger partial charge in [-0.05, 0) is 29.5 Å². The van der Waals surface area contributed by atoms with Crippen LogP contribution in [0.5, 0.6) is 0 Å². The van der Waals surface area contributed by atoms with Gasteiger partial charge in [-0.3, -0.25) is 0 Å². The van der Waals surface area contributed by atoms with Gasteiger partial charge in [-0.25, -0.2) is 8.42 Å². The van der Waals surface area contributed by atoms with Crippen LogP contribution in [-0.4, -0.2) is 25.4 Å². The Morgan fingerprint density at radius 3 is 2.36 bits per heavy atom. The number of sulfone groups is 1. The molecule has 116 valence electrons. The summed E-state index contributed by atoms with van der Waals surface area (Å²) in [7, 11) is -3.37. The van der Waals surface area contributed by atoms with Crippen LogP contribution >= 0.6 is 0 Å². The molecule has 0 radical (unpaired) electrons. The Morgan fingerprint density at radius 2 is 1.68 bits per heavy atom. The molecule has 0 saturated carbocycles. The van der Waals surface area contributed by atoms with Crippen LogP contribution in [-0.2, 0) is 9.84 Å². The molecule has 0 spiro atoms. The van der Waals surface area contributed by atoms with Crippen molar-refractivity contribution in [1.82, 2.24) is 0 Å². The highest BCUT2D eigenvalue weighted by atomic mass is 32.2. The van der Waals surface area contributed by atoms with Gasteiger partial charge in [0, 0.05) is 5.92 Å². The quantitative estimate of drug-likeness (QED) is 0.926. The maximum absolute atomic E-state index is 12.7. The van der Waals surface area contributed by atoms with Gasteiger partial charge in [0.1, 0.15) is 0 Å². The fourth-order valence-corrected chi connectivity index (χ4v) is 5.36. The second-order valence-electron chi connectivity index (χ2n) is 5.87. The summed E-state index contributed by atoms with van der Waals surface area (Å²) in [6.45, 7) is 1.93. The molecule has 0 bridgehead atoms. The Balaban J connectivity index is 2.25. The first-order valence-electron chi connectivity index (χ1n) is 7.59. The maximum atomic E-state index is 12.7. The van der Waals surface area contributed by atoms with Gasteiger partial charge in [-0.15, -0.1) is 0 Å². The molecule has 3 atom stereocenters. The van der Waals surface area contributed by atoms with Crippen LogP contribution < -0.4 is 0 Å². The van der Waals surface area contributed by atoms with E-state index in [9.17, 15) is 13.5 Å². The van der Waals surface area contributed by atoms with Crippen LogP contribution in [0.4, 0.5) is 0 Å². The van der Waals surface area contributed by atoms with E-state index in [4.69, 9.17) is 0 Å². The highest BCUT2D eigenvalue weighted by Gasteiger charge is 2.39. The summed E-state index contributed by atoms with van der Waals surface area (Å²) in [5, 5.41) is 10.9. The molecular formula is C18H20O3S. The Kier molecular flexibility index (Phi) is 4.06. The SMILES string of the molecule is CC[C@@H]1CS(=O)(=O)c2ccccc2[C@@H](c2ccccc2)[C@H]1O. The highest BCUT2D eigenvalue weighted by molar-refractivity contribution is 7.91. The average molecular weight is 316 g/mol. The topological polar surface area (TPSA) is 54.4 Å². The van der Waals surface area contributed by atoms with E-state index < -0.39 is 15.9 Å². The van der Waals surface area contributed by atoms with E-state index in [1.54, 1.807) is 12.1 Å². The minimum absolute atomic E-state index is 0.00497. The molecule has 1 aliphatic heterocycles. The zero-order valence-electron chi connectivity index (χ0n) is 12.5. The lowest BCUT2D eigenvalue weighted by Crippen LogP contribution is -2.29. The van der Waals surface area contributed by atoms with Gasteiger partial charge in [-0.2, -0.15) is 0 Å². The van der Waals surface area contributed by atoms with Crippen LogP contribution in [0, 0.1) is 5.92 Å². The summed E-state index contributed by atoms with van der Waals surface area (Å²) in [5.74, 6) is -0.562. The number of hydrogen-bond donors (Lipinski definition) is 1. The van der Waals surface area contributed by atoms with Gasteiger partial charge in [0.05, 0.1) is 16.8 Å². The van der Waals surface area contributed by atoms with E-state index in [1.165, 1.54) is 0 Å². The minimum atomic E-state index is -3.37. The Hall–Kier alpha value is -1.65. The zero-order valence-corrected chi connectivity index (χ0v) is 13.3. The minimum Gasteiger partial charge on any atom is -0.392 e. The normalized spacial score (nSPS) is 26.9. The van der Waals surface area contributed by atoms with Gasteiger partial charge in [0.2, 0.25) is 0 Å². The van der Waals surface area contributed by atoms with E-state index in [2.05, 4.69) is 0 Å². The molecular weight excluding hydrogens is 296 g/mol. The fraction of sp³-hybridized carbons (Fsp3) is 0.333. The number of benzene rings is 2. The highest BCUT2D eigenvalue weighted by Crippen LogP contribution is 2.40. The molecule has 1 aliphatic rings. The van der Waals surface area contributed by atoms with Crippen molar-refractivity contribution >= 4 is 9.84 Å². The third kappa shape index (κ3) is 2.57. The predicted octanol–water partition coefficient (Wildman–Crippen LogP) is 2.99. The lowest BCUT2D eigenvalue weighted by Gasteiger charge is -2.27. The molecule has 0 aliphatic carbocycles. The standard InChI is InChI=1S/C18H20O3S/c1-2-13-12-22(20,21)16-11-7-6-10-15(16)17(18(13)19)14-8-4-3-5-9-14/h3-11,13,17-19H,2,12H2,1H3/t13-,17-,18+/m1/s1. The smallest absolute Gasteiger partial charge is 0.179 e. The van der Waals surface area contributed by atoms with E-state index >= 15 is 0 Å². The first kappa shape index (κ1) is 15.3. The Morgan fingerprint density at radius 1 is 1.05 bits per heavy atom. The van der Waals surface area contributed by atoms with Gasteiger partial charge >= 0.3 is 0 Å². The number of aliphatic hydroxyl groups is 1. The summed E-state index contributed by atoms with van der Waals surface area (Å²) in [6.07, 6.45) is -0.0663. The first-order chi connectivity index (χ1) is 10.5. The monoisotopic (exact) mass is 316 g/mol. The molecule has 1 N–H and O–H groups in total. The molecule has 4 heteroatoms. The molecule has 0 aromatic heterocycles. The van der Waals surface area contributed by atoms with Crippen LogP contribution in [0.1, 0.15) is 30.4 Å². The maximum Gasteiger partial charge on any atom is 0.179 e. The molecule has 0 amide bonds. The van der Waals surface area contributed by atoms with Crippen LogP contribution in [0.25, 0.3) is 0 Å². The van der Waals surface area contributed by atoms with Crippen molar-refractivity contribution in [2.24, 2.45) is 5.92 Å². The zero-order chi connectivity index (χ0) is 15.7. The van der Waals surface area contributed by atoms with Gasteiger partial charge in [0.15, 0.2) is 9.84 Å². The number of hydrogen-bond acceptors (Lipinski definition) is 3. The van der Waals surface area contributed by atoms with E-state index in [1.807, 2.05) is 49.4 Å². The summed E-state index contributed by atoms with van der Waals surface area (Å²) in [6, 6.07) is 16.7. The molecule has 2 aromatic rings. The van der Waals surface area contributed by atoms with E-state index in [-0.39, 0.29) is 17.6 Å². The molecule has 3 rings (SSSR count).